The number of carbonyl (C=O) groups excluding carboxylic acids is 2. The molecular weight excluding hydrogens is 278 g/mol. The van der Waals surface area contributed by atoms with Crippen molar-refractivity contribution >= 4 is 23.2 Å². The van der Waals surface area contributed by atoms with Crippen LogP contribution in [0.1, 0.15) is 33.1 Å². The smallest absolute Gasteiger partial charge is 0.313 e. The number of hydrogen-bond acceptors (Lipinski definition) is 3. The van der Waals surface area contributed by atoms with Crippen molar-refractivity contribution in [1.82, 2.24) is 4.90 Å². The number of benzene rings is 1. The molecule has 2 rings (SSSR count). The molecule has 0 saturated carbocycles. The number of hydrogen-bond donors (Lipinski definition) is 1. The second-order valence-corrected chi connectivity index (χ2v) is 6.24. The molecule has 0 aliphatic carbocycles. The van der Waals surface area contributed by atoms with Crippen molar-refractivity contribution in [3.8, 4) is 0 Å². The third kappa shape index (κ3) is 3.59. The van der Waals surface area contributed by atoms with Crippen LogP contribution in [-0.4, -0.2) is 42.9 Å². The molecule has 5 heteroatoms. The number of rotatable bonds is 2. The number of amides is 2. The topological polar surface area (TPSA) is 52.7 Å². The molecule has 120 valence electrons. The molecule has 1 fully saturated rings. The van der Waals surface area contributed by atoms with Gasteiger partial charge in [-0.15, -0.1) is 0 Å². The average Bonchev–Trinajstić information content (AvgIpc) is 2.47. The summed E-state index contributed by atoms with van der Waals surface area (Å²) in [5.41, 5.74) is 1.68. The fourth-order valence-corrected chi connectivity index (χ4v) is 2.97. The quantitative estimate of drug-likeness (QED) is 0.854. The number of nitrogens with one attached hydrogen (secondary N) is 1. The van der Waals surface area contributed by atoms with Crippen molar-refractivity contribution < 1.29 is 9.59 Å². The lowest BCUT2D eigenvalue weighted by molar-refractivity contribution is -0.147. The van der Waals surface area contributed by atoms with Crippen molar-refractivity contribution in [3.63, 3.8) is 0 Å². The fourth-order valence-electron chi connectivity index (χ4n) is 2.97. The lowest BCUT2D eigenvalue weighted by atomic mass is 9.97. The first-order chi connectivity index (χ1) is 10.4. The number of carbonyl (C=O) groups is 2. The zero-order valence-electron chi connectivity index (χ0n) is 13.8. The summed E-state index contributed by atoms with van der Waals surface area (Å²) in [6.07, 6.45) is 3.03. The molecular formula is C17H25N3O2. The van der Waals surface area contributed by atoms with Gasteiger partial charge in [-0.05, 0) is 57.4 Å². The predicted octanol–water partition coefficient (Wildman–Crippen LogP) is 2.48. The van der Waals surface area contributed by atoms with E-state index in [1.807, 2.05) is 57.1 Å². The normalized spacial score (nSPS) is 21.4. The molecule has 2 unspecified atom stereocenters. The van der Waals surface area contributed by atoms with E-state index in [0.29, 0.717) is 5.69 Å². The molecule has 1 heterocycles. The van der Waals surface area contributed by atoms with E-state index in [1.165, 1.54) is 0 Å². The summed E-state index contributed by atoms with van der Waals surface area (Å²) in [5, 5.41) is 2.70. The number of piperidine rings is 1. The molecule has 0 aromatic heterocycles. The summed E-state index contributed by atoms with van der Waals surface area (Å²) < 4.78 is 0. The van der Waals surface area contributed by atoms with Gasteiger partial charge in [-0.2, -0.15) is 0 Å². The second kappa shape index (κ2) is 6.81. The van der Waals surface area contributed by atoms with Crippen molar-refractivity contribution in [2.45, 2.75) is 45.2 Å². The molecule has 0 spiro atoms. The lowest BCUT2D eigenvalue weighted by Crippen LogP contribution is -2.51. The second-order valence-electron chi connectivity index (χ2n) is 6.24. The first-order valence-corrected chi connectivity index (χ1v) is 7.81. The lowest BCUT2D eigenvalue weighted by Gasteiger charge is -2.38. The Morgan fingerprint density at radius 3 is 2.14 bits per heavy atom. The monoisotopic (exact) mass is 303 g/mol. The van der Waals surface area contributed by atoms with Crippen LogP contribution in [0.4, 0.5) is 11.4 Å². The highest BCUT2D eigenvalue weighted by atomic mass is 16.2. The van der Waals surface area contributed by atoms with Crippen LogP contribution in [-0.2, 0) is 9.59 Å². The van der Waals surface area contributed by atoms with E-state index >= 15 is 0 Å². The fraction of sp³-hybridized carbons (Fsp3) is 0.529. The van der Waals surface area contributed by atoms with E-state index < -0.39 is 11.8 Å². The number of nitrogens with zero attached hydrogens (tertiary/aromatic N) is 2. The van der Waals surface area contributed by atoms with Crippen LogP contribution >= 0.6 is 0 Å². The van der Waals surface area contributed by atoms with Crippen LogP contribution in [0.5, 0.6) is 0 Å². The predicted molar refractivity (Wildman–Crippen MR) is 89.0 cm³/mol. The third-order valence-corrected chi connectivity index (χ3v) is 4.26. The number of anilines is 2. The summed E-state index contributed by atoms with van der Waals surface area (Å²) in [5.74, 6) is -0.991. The van der Waals surface area contributed by atoms with Crippen molar-refractivity contribution in [1.29, 1.82) is 0 Å². The largest absolute Gasteiger partial charge is 0.378 e. The van der Waals surface area contributed by atoms with Crippen LogP contribution in [0.25, 0.3) is 0 Å². The Balaban J connectivity index is 2.03. The molecule has 2 amide bonds. The van der Waals surface area contributed by atoms with Gasteiger partial charge in [-0.3, -0.25) is 9.59 Å². The molecule has 2 atom stereocenters. The van der Waals surface area contributed by atoms with Gasteiger partial charge in [-0.25, -0.2) is 0 Å². The van der Waals surface area contributed by atoms with Gasteiger partial charge in [0.2, 0.25) is 0 Å². The Morgan fingerprint density at radius 1 is 1.09 bits per heavy atom. The van der Waals surface area contributed by atoms with E-state index in [1.54, 1.807) is 4.90 Å². The maximum Gasteiger partial charge on any atom is 0.313 e. The van der Waals surface area contributed by atoms with Gasteiger partial charge in [0.25, 0.3) is 0 Å². The Bertz CT molecular complexity index is 529. The highest BCUT2D eigenvalue weighted by Crippen LogP contribution is 2.23. The zero-order valence-corrected chi connectivity index (χ0v) is 13.8. The summed E-state index contributed by atoms with van der Waals surface area (Å²) in [6.45, 7) is 4.01. The van der Waals surface area contributed by atoms with Crippen LogP contribution < -0.4 is 10.2 Å². The maximum atomic E-state index is 12.4. The molecule has 0 radical (unpaired) electrons. The van der Waals surface area contributed by atoms with Crippen LogP contribution in [0.3, 0.4) is 0 Å². The maximum absolute atomic E-state index is 12.4. The van der Waals surface area contributed by atoms with Gasteiger partial charge >= 0.3 is 11.8 Å². The van der Waals surface area contributed by atoms with Crippen molar-refractivity contribution in [2.24, 2.45) is 0 Å². The van der Waals surface area contributed by atoms with Gasteiger partial charge in [0.1, 0.15) is 0 Å². The Hall–Kier alpha value is -2.04. The minimum atomic E-state index is -0.557. The Kier molecular flexibility index (Phi) is 5.06. The zero-order chi connectivity index (χ0) is 16.3. The van der Waals surface area contributed by atoms with E-state index in [4.69, 9.17) is 0 Å². The highest BCUT2D eigenvalue weighted by Gasteiger charge is 2.32. The summed E-state index contributed by atoms with van der Waals surface area (Å²) in [4.78, 5) is 28.3. The first kappa shape index (κ1) is 16.3. The molecule has 1 aliphatic rings. The molecule has 1 aliphatic heterocycles. The van der Waals surface area contributed by atoms with Crippen LogP contribution in [0.15, 0.2) is 24.3 Å². The van der Waals surface area contributed by atoms with Crippen molar-refractivity contribution in [2.75, 3.05) is 24.3 Å². The SMILES string of the molecule is CC1CCCC(C)N1C(=O)C(=O)Nc1ccc(N(C)C)cc1. The van der Waals surface area contributed by atoms with Gasteiger partial charge in [0.05, 0.1) is 0 Å². The molecule has 5 nitrogen and oxygen atoms in total. The van der Waals surface area contributed by atoms with Gasteiger partial charge in [0.15, 0.2) is 0 Å². The molecule has 22 heavy (non-hydrogen) atoms. The van der Waals surface area contributed by atoms with Gasteiger partial charge < -0.3 is 15.1 Å². The number of likely N-dealkylation sites (tertiary alicyclic amines) is 1. The van der Waals surface area contributed by atoms with Crippen LogP contribution in [0, 0.1) is 0 Å². The summed E-state index contributed by atoms with van der Waals surface area (Å²) in [7, 11) is 3.91. The van der Waals surface area contributed by atoms with Crippen molar-refractivity contribution in [3.05, 3.63) is 24.3 Å². The first-order valence-electron chi connectivity index (χ1n) is 7.81. The summed E-state index contributed by atoms with van der Waals surface area (Å²) in [6, 6.07) is 7.68. The minimum absolute atomic E-state index is 0.123. The van der Waals surface area contributed by atoms with Gasteiger partial charge in [0, 0.05) is 37.6 Å². The van der Waals surface area contributed by atoms with E-state index in [0.717, 1.165) is 24.9 Å². The molecule has 1 saturated heterocycles. The molecule has 1 aromatic rings. The standard InChI is InChI=1S/C17H25N3O2/c1-12-6-5-7-13(2)20(12)17(22)16(21)18-14-8-10-15(11-9-14)19(3)4/h8-13H,5-7H2,1-4H3,(H,18,21). The van der Waals surface area contributed by atoms with E-state index in [2.05, 4.69) is 5.32 Å². The molecule has 0 bridgehead atoms. The summed E-state index contributed by atoms with van der Waals surface area (Å²) >= 11 is 0. The minimum Gasteiger partial charge on any atom is -0.378 e. The van der Waals surface area contributed by atoms with Gasteiger partial charge in [-0.1, -0.05) is 0 Å². The Morgan fingerprint density at radius 2 is 1.64 bits per heavy atom. The molecule has 1 N–H and O–H groups in total. The Labute approximate surface area is 132 Å². The highest BCUT2D eigenvalue weighted by molar-refractivity contribution is 6.39. The van der Waals surface area contributed by atoms with Crippen LogP contribution in [0.2, 0.25) is 0 Å². The third-order valence-electron chi connectivity index (χ3n) is 4.26. The molecule has 1 aromatic carbocycles. The average molecular weight is 303 g/mol. The van der Waals surface area contributed by atoms with E-state index in [9.17, 15) is 9.59 Å². The van der Waals surface area contributed by atoms with E-state index in [-0.39, 0.29) is 12.1 Å².